The molecule has 0 saturated heterocycles. The molecule has 4 nitrogen and oxygen atoms in total. The van der Waals surface area contributed by atoms with Crippen LogP contribution in [0.25, 0.3) is 0 Å². The molecule has 0 heterocycles. The number of rotatable bonds is 0. The zero-order valence-electron chi connectivity index (χ0n) is 5.12. The predicted octanol–water partition coefficient (Wildman–Crippen LogP) is -1.31. The van der Waals surface area contributed by atoms with Crippen molar-refractivity contribution in [2.24, 2.45) is 0 Å². The minimum absolute atomic E-state index is 0. The molecule has 0 aromatic heterocycles. The molecule has 0 unspecified atom stereocenters. The van der Waals surface area contributed by atoms with E-state index in [2.05, 4.69) is 0 Å². The minimum atomic E-state index is -0.583. The molecule has 1 radical (unpaired) electrons. The summed E-state index contributed by atoms with van der Waals surface area (Å²) in [7, 11) is 0. The Hall–Kier alpha value is -0.541. The van der Waals surface area contributed by atoms with Gasteiger partial charge in [-0.2, -0.15) is 0 Å². The molecule has 57 valence electrons. The third kappa shape index (κ3) is 761. The van der Waals surface area contributed by atoms with E-state index in [9.17, 15) is 0 Å². The molecule has 9 heavy (non-hydrogen) atoms. The standard InChI is InChI=1S/2C2H5NO.Cu/c2*1-2(3)4;/h2*1H3,(H2,3,4);/q;;+2/p-2. The van der Waals surface area contributed by atoms with Crippen molar-refractivity contribution in [3.8, 4) is 0 Å². The van der Waals surface area contributed by atoms with Gasteiger partial charge in [0, 0.05) is 0 Å². The molecule has 0 rings (SSSR count). The Morgan fingerprint density at radius 3 is 1.00 bits per heavy atom. The second-order valence-corrected chi connectivity index (χ2v) is 1.11. The van der Waals surface area contributed by atoms with Crippen LogP contribution in [0, 0.1) is 10.8 Å². The van der Waals surface area contributed by atoms with E-state index in [0.29, 0.717) is 0 Å². The summed E-state index contributed by atoms with van der Waals surface area (Å²) < 4.78 is 0. The SMILES string of the molecule is CC(=N)[O-].CC(=N)[O-].[Cu+2]. The normalized spacial score (nSPS) is 5.56. The molecule has 5 heteroatoms. The van der Waals surface area contributed by atoms with Crippen LogP contribution in [0.2, 0.25) is 0 Å². The Bertz CT molecular complexity index is 74.6. The van der Waals surface area contributed by atoms with Crippen LogP contribution in [0.4, 0.5) is 0 Å². The van der Waals surface area contributed by atoms with Crippen LogP contribution in [-0.2, 0) is 17.1 Å². The Kier molecular flexibility index (Phi) is 18.3. The summed E-state index contributed by atoms with van der Waals surface area (Å²) >= 11 is 0. The quantitative estimate of drug-likeness (QED) is 0.274. The van der Waals surface area contributed by atoms with Crippen molar-refractivity contribution in [2.75, 3.05) is 0 Å². The van der Waals surface area contributed by atoms with Crippen molar-refractivity contribution in [2.45, 2.75) is 13.8 Å². The Balaban J connectivity index is -0.0000000720. The molecule has 0 fully saturated rings. The molecule has 0 spiro atoms. The predicted molar refractivity (Wildman–Crippen MR) is 26.8 cm³/mol. The number of hydrogen-bond donors (Lipinski definition) is 2. The van der Waals surface area contributed by atoms with Gasteiger partial charge in [-0.1, -0.05) is 0 Å². The van der Waals surface area contributed by atoms with E-state index in [-0.39, 0.29) is 17.1 Å². The Morgan fingerprint density at radius 2 is 1.00 bits per heavy atom. The molecule has 0 saturated carbocycles. The second-order valence-electron chi connectivity index (χ2n) is 1.11. The van der Waals surface area contributed by atoms with Crippen molar-refractivity contribution in [1.82, 2.24) is 0 Å². The summed E-state index contributed by atoms with van der Waals surface area (Å²) in [4.78, 5) is 0. The molecular weight excluding hydrogens is 172 g/mol. The van der Waals surface area contributed by atoms with Gasteiger partial charge >= 0.3 is 17.1 Å². The first-order valence-electron chi connectivity index (χ1n) is 1.91. The van der Waals surface area contributed by atoms with Crippen LogP contribution >= 0.6 is 0 Å². The van der Waals surface area contributed by atoms with Gasteiger partial charge in [-0.15, -0.1) is 0 Å². The van der Waals surface area contributed by atoms with E-state index >= 15 is 0 Å². The first kappa shape index (κ1) is 15.8. The summed E-state index contributed by atoms with van der Waals surface area (Å²) in [6.45, 7) is 2.39. The molecule has 0 aromatic carbocycles. The van der Waals surface area contributed by atoms with Gasteiger partial charge in [-0.3, -0.25) is 0 Å². The topological polar surface area (TPSA) is 93.8 Å². The summed E-state index contributed by atoms with van der Waals surface area (Å²) in [5.74, 6) is -1.17. The van der Waals surface area contributed by atoms with E-state index in [0.717, 1.165) is 0 Å². The monoisotopic (exact) mass is 179 g/mol. The molecule has 0 bridgehead atoms. The van der Waals surface area contributed by atoms with Crippen LogP contribution in [0.5, 0.6) is 0 Å². The van der Waals surface area contributed by atoms with Crippen LogP contribution < -0.4 is 10.2 Å². The van der Waals surface area contributed by atoms with Gasteiger partial charge < -0.3 is 21.0 Å². The van der Waals surface area contributed by atoms with Gasteiger partial charge in [0.25, 0.3) is 0 Å². The molecule has 2 N–H and O–H groups in total. The maximum absolute atomic E-state index is 9.11. The van der Waals surface area contributed by atoms with E-state index in [1.807, 2.05) is 0 Å². The molecular formula is C4H8CuN2O2. The van der Waals surface area contributed by atoms with Crippen molar-refractivity contribution in [1.29, 1.82) is 10.8 Å². The van der Waals surface area contributed by atoms with Crippen LogP contribution in [-0.4, -0.2) is 11.8 Å². The van der Waals surface area contributed by atoms with Gasteiger partial charge in [0.05, 0.1) is 0 Å². The Morgan fingerprint density at radius 1 is 1.00 bits per heavy atom. The van der Waals surface area contributed by atoms with Crippen LogP contribution in [0.1, 0.15) is 13.8 Å². The second kappa shape index (κ2) is 10.4. The fourth-order valence-corrected chi connectivity index (χ4v) is 0. The van der Waals surface area contributed by atoms with Crippen molar-refractivity contribution >= 4 is 11.8 Å². The first-order chi connectivity index (χ1) is 3.46. The van der Waals surface area contributed by atoms with Gasteiger partial charge in [0.2, 0.25) is 0 Å². The zero-order valence-corrected chi connectivity index (χ0v) is 6.06. The summed E-state index contributed by atoms with van der Waals surface area (Å²) in [6.07, 6.45) is 0. The molecule has 0 atom stereocenters. The summed E-state index contributed by atoms with van der Waals surface area (Å²) in [5.41, 5.74) is 0. The zero-order chi connectivity index (χ0) is 7.15. The Labute approximate surface area is 64.4 Å². The van der Waals surface area contributed by atoms with Gasteiger partial charge in [-0.25, -0.2) is 0 Å². The number of nitrogens with one attached hydrogen (secondary N) is 2. The van der Waals surface area contributed by atoms with Gasteiger partial charge in [0.1, 0.15) is 0 Å². The van der Waals surface area contributed by atoms with Crippen molar-refractivity contribution in [3.63, 3.8) is 0 Å². The summed E-state index contributed by atoms with van der Waals surface area (Å²) in [6, 6.07) is 0. The maximum atomic E-state index is 9.11. The third-order valence-corrected chi connectivity index (χ3v) is 0. The van der Waals surface area contributed by atoms with Crippen LogP contribution in [0.3, 0.4) is 0 Å². The largest absolute Gasteiger partial charge is 2.00 e. The number of hydrogen-bond acceptors (Lipinski definition) is 4. The van der Waals surface area contributed by atoms with Crippen molar-refractivity contribution < 1.29 is 27.3 Å². The smallest absolute Gasteiger partial charge is 0.862 e. The fraction of sp³-hybridized carbons (Fsp3) is 0.500. The molecule has 0 aliphatic carbocycles. The van der Waals surface area contributed by atoms with E-state index < -0.39 is 11.8 Å². The third-order valence-electron chi connectivity index (χ3n) is 0. The van der Waals surface area contributed by atoms with E-state index in [4.69, 9.17) is 21.0 Å². The van der Waals surface area contributed by atoms with Gasteiger partial charge in [-0.05, 0) is 25.6 Å². The van der Waals surface area contributed by atoms with E-state index in [1.165, 1.54) is 13.8 Å². The summed E-state index contributed by atoms with van der Waals surface area (Å²) in [5, 5.41) is 30.1. The fourth-order valence-electron chi connectivity index (χ4n) is 0. The minimum Gasteiger partial charge on any atom is -0.862 e. The van der Waals surface area contributed by atoms with Crippen LogP contribution in [0.15, 0.2) is 0 Å². The molecule has 0 aliphatic rings. The van der Waals surface area contributed by atoms with Gasteiger partial charge in [0.15, 0.2) is 0 Å². The van der Waals surface area contributed by atoms with Crippen molar-refractivity contribution in [3.05, 3.63) is 0 Å². The maximum Gasteiger partial charge on any atom is 2.00 e. The van der Waals surface area contributed by atoms with E-state index in [1.54, 1.807) is 0 Å². The average Bonchev–Trinajstić information content (AvgIpc) is 1.25. The first-order valence-corrected chi connectivity index (χ1v) is 1.91. The molecule has 0 amide bonds. The molecule has 0 aliphatic heterocycles. The average molecular weight is 180 g/mol. The molecule has 0 aromatic rings.